The molecule has 1 N–H and O–H groups in total. The average molecular weight is 378 g/mol. The Balaban J connectivity index is 1.63. The van der Waals surface area contributed by atoms with Crippen LogP contribution in [0, 0.1) is 13.8 Å². The van der Waals surface area contributed by atoms with Gasteiger partial charge in [0.15, 0.2) is 0 Å². The second-order valence-corrected chi connectivity index (χ2v) is 7.51. The topological polar surface area (TPSA) is 38.3 Å². The molecule has 138 valence electrons. The molecule has 27 heavy (non-hydrogen) atoms. The number of nitrogens with one attached hydrogen (secondary N) is 1. The molecule has 0 bridgehead atoms. The van der Waals surface area contributed by atoms with Crippen LogP contribution in [0.3, 0.4) is 0 Å². The third-order valence-corrected chi connectivity index (χ3v) is 5.33. The van der Waals surface area contributed by atoms with Crippen LogP contribution in [0.1, 0.15) is 27.0 Å². The van der Waals surface area contributed by atoms with Gasteiger partial charge in [0.05, 0.1) is 12.8 Å². The molecule has 3 aromatic carbocycles. The van der Waals surface area contributed by atoms with Crippen LogP contribution in [0.25, 0.3) is 0 Å². The van der Waals surface area contributed by atoms with Crippen LogP contribution in [0.2, 0.25) is 0 Å². The van der Waals surface area contributed by atoms with Crippen LogP contribution >= 0.6 is 11.8 Å². The molecule has 0 aliphatic heterocycles. The first-order chi connectivity index (χ1) is 13.0. The molecule has 0 aliphatic carbocycles. The van der Waals surface area contributed by atoms with Crippen molar-refractivity contribution < 1.29 is 9.53 Å². The largest absolute Gasteiger partial charge is 0.495 e. The average Bonchev–Trinajstić information content (AvgIpc) is 2.68. The van der Waals surface area contributed by atoms with Crippen molar-refractivity contribution >= 4 is 23.4 Å². The van der Waals surface area contributed by atoms with Crippen molar-refractivity contribution in [2.75, 3.05) is 12.4 Å². The number of ether oxygens (including phenoxy) is 1. The zero-order valence-electron chi connectivity index (χ0n) is 15.8. The molecular formula is C23H23NO2S. The van der Waals surface area contributed by atoms with Gasteiger partial charge in [-0.25, -0.2) is 0 Å². The molecule has 4 heteroatoms. The van der Waals surface area contributed by atoms with E-state index in [9.17, 15) is 4.79 Å². The predicted molar refractivity (Wildman–Crippen MR) is 113 cm³/mol. The molecule has 3 rings (SSSR count). The van der Waals surface area contributed by atoms with Gasteiger partial charge in [-0.1, -0.05) is 35.9 Å². The summed E-state index contributed by atoms with van der Waals surface area (Å²) in [6.07, 6.45) is 0. The first kappa shape index (κ1) is 19.1. The summed E-state index contributed by atoms with van der Waals surface area (Å²) in [4.78, 5) is 13.8. The van der Waals surface area contributed by atoms with Crippen molar-refractivity contribution in [3.8, 4) is 5.75 Å². The molecule has 0 atom stereocenters. The van der Waals surface area contributed by atoms with Gasteiger partial charge in [0.25, 0.3) is 5.91 Å². The lowest BCUT2D eigenvalue weighted by Gasteiger charge is -2.11. The summed E-state index contributed by atoms with van der Waals surface area (Å²) in [5.74, 6) is 1.38. The van der Waals surface area contributed by atoms with Crippen LogP contribution < -0.4 is 10.1 Å². The van der Waals surface area contributed by atoms with E-state index in [1.807, 2.05) is 49.4 Å². The van der Waals surface area contributed by atoms with Crippen LogP contribution in [-0.2, 0) is 5.75 Å². The van der Waals surface area contributed by atoms with Crippen LogP contribution in [0.5, 0.6) is 5.75 Å². The number of rotatable bonds is 6. The van der Waals surface area contributed by atoms with E-state index in [4.69, 9.17) is 4.74 Å². The van der Waals surface area contributed by atoms with Gasteiger partial charge >= 0.3 is 0 Å². The molecule has 0 fully saturated rings. The minimum absolute atomic E-state index is 0.142. The van der Waals surface area contributed by atoms with Gasteiger partial charge in [0.1, 0.15) is 5.75 Å². The van der Waals surface area contributed by atoms with Crippen LogP contribution in [0.4, 0.5) is 5.69 Å². The zero-order valence-corrected chi connectivity index (χ0v) is 16.6. The first-order valence-corrected chi connectivity index (χ1v) is 9.78. The minimum atomic E-state index is -0.142. The second-order valence-electron chi connectivity index (χ2n) is 6.46. The van der Waals surface area contributed by atoms with Crippen molar-refractivity contribution in [3.05, 3.63) is 89.0 Å². The Morgan fingerprint density at radius 2 is 1.59 bits per heavy atom. The quantitative estimate of drug-likeness (QED) is 0.547. The highest BCUT2D eigenvalue weighted by Crippen LogP contribution is 2.26. The molecular weight excluding hydrogens is 354 g/mol. The second kappa shape index (κ2) is 8.78. The van der Waals surface area contributed by atoms with E-state index in [0.29, 0.717) is 17.0 Å². The van der Waals surface area contributed by atoms with Gasteiger partial charge in [0, 0.05) is 16.2 Å². The summed E-state index contributed by atoms with van der Waals surface area (Å²) in [6, 6.07) is 22.0. The fourth-order valence-corrected chi connectivity index (χ4v) is 3.52. The third kappa shape index (κ3) is 5.14. The van der Waals surface area contributed by atoms with Crippen molar-refractivity contribution in [1.82, 2.24) is 0 Å². The van der Waals surface area contributed by atoms with E-state index in [1.165, 1.54) is 16.0 Å². The third-order valence-electron chi connectivity index (χ3n) is 4.25. The fraction of sp³-hybridized carbons (Fsp3) is 0.174. The predicted octanol–water partition coefficient (Wildman–Crippen LogP) is 5.86. The molecule has 3 nitrogen and oxygen atoms in total. The van der Waals surface area contributed by atoms with E-state index in [0.717, 1.165) is 11.3 Å². The molecule has 0 unspecified atom stereocenters. The summed E-state index contributed by atoms with van der Waals surface area (Å²) in [6.45, 7) is 4.07. The number of amides is 1. The first-order valence-electron chi connectivity index (χ1n) is 8.79. The van der Waals surface area contributed by atoms with Gasteiger partial charge in [-0.2, -0.15) is 0 Å². The van der Waals surface area contributed by atoms with Crippen molar-refractivity contribution in [2.45, 2.75) is 24.5 Å². The number of thioether (sulfide) groups is 1. The summed E-state index contributed by atoms with van der Waals surface area (Å²) < 4.78 is 5.32. The Morgan fingerprint density at radius 1 is 0.926 bits per heavy atom. The number of benzene rings is 3. The normalized spacial score (nSPS) is 10.5. The van der Waals surface area contributed by atoms with E-state index in [-0.39, 0.29) is 5.91 Å². The number of carbonyl (C=O) groups is 1. The van der Waals surface area contributed by atoms with Crippen molar-refractivity contribution in [3.63, 3.8) is 0 Å². The molecule has 0 heterocycles. The number of aryl methyl sites for hydroxylation is 2. The van der Waals surface area contributed by atoms with Gasteiger partial charge in [0.2, 0.25) is 0 Å². The van der Waals surface area contributed by atoms with Gasteiger partial charge in [-0.3, -0.25) is 4.79 Å². The molecule has 0 radical (unpaired) electrons. The van der Waals surface area contributed by atoms with Gasteiger partial charge in [-0.05, 0) is 61.4 Å². The molecule has 0 saturated heterocycles. The summed E-state index contributed by atoms with van der Waals surface area (Å²) in [5, 5.41) is 2.93. The molecule has 1 amide bonds. The van der Waals surface area contributed by atoms with E-state index >= 15 is 0 Å². The summed E-state index contributed by atoms with van der Waals surface area (Å²) in [5.41, 5.74) is 4.82. The standard InChI is InChI=1S/C23H23NO2S/c1-16-4-11-20(12-5-16)27-15-18-7-9-19(10-8-18)23(25)24-21-14-17(2)6-13-22(21)26-3/h4-14H,15H2,1-3H3,(H,24,25). The molecule has 3 aromatic rings. The maximum atomic E-state index is 12.5. The number of hydrogen-bond acceptors (Lipinski definition) is 3. The van der Waals surface area contributed by atoms with Crippen LogP contribution in [0.15, 0.2) is 71.6 Å². The Bertz CT molecular complexity index is 918. The van der Waals surface area contributed by atoms with Gasteiger partial charge in [-0.15, -0.1) is 11.8 Å². The SMILES string of the molecule is COc1ccc(C)cc1NC(=O)c1ccc(CSc2ccc(C)cc2)cc1. The van der Waals surface area contributed by atoms with Crippen molar-refractivity contribution in [2.24, 2.45) is 0 Å². The minimum Gasteiger partial charge on any atom is -0.495 e. The molecule has 0 aromatic heterocycles. The maximum absolute atomic E-state index is 12.5. The number of hydrogen-bond donors (Lipinski definition) is 1. The van der Waals surface area contributed by atoms with E-state index < -0.39 is 0 Å². The lowest BCUT2D eigenvalue weighted by atomic mass is 10.1. The van der Waals surface area contributed by atoms with E-state index in [2.05, 4.69) is 36.5 Å². The zero-order chi connectivity index (χ0) is 19.2. The smallest absolute Gasteiger partial charge is 0.255 e. The molecule has 0 aliphatic rings. The van der Waals surface area contributed by atoms with Crippen LogP contribution in [-0.4, -0.2) is 13.0 Å². The summed E-state index contributed by atoms with van der Waals surface area (Å²) in [7, 11) is 1.60. The van der Waals surface area contributed by atoms with Gasteiger partial charge < -0.3 is 10.1 Å². The Morgan fingerprint density at radius 3 is 2.26 bits per heavy atom. The molecule has 0 spiro atoms. The Kier molecular flexibility index (Phi) is 6.20. The summed E-state index contributed by atoms with van der Waals surface area (Å²) >= 11 is 1.79. The number of methoxy groups -OCH3 is 1. The number of anilines is 1. The Labute approximate surface area is 164 Å². The van der Waals surface area contributed by atoms with Crippen molar-refractivity contribution in [1.29, 1.82) is 0 Å². The monoisotopic (exact) mass is 377 g/mol. The molecule has 0 saturated carbocycles. The lowest BCUT2D eigenvalue weighted by molar-refractivity contribution is 0.102. The Hall–Kier alpha value is -2.72. The van der Waals surface area contributed by atoms with E-state index in [1.54, 1.807) is 18.9 Å². The fourth-order valence-electron chi connectivity index (χ4n) is 2.67. The lowest BCUT2D eigenvalue weighted by Crippen LogP contribution is -2.12. The number of carbonyl (C=O) groups excluding carboxylic acids is 1. The highest BCUT2D eigenvalue weighted by atomic mass is 32.2. The highest BCUT2D eigenvalue weighted by Gasteiger charge is 2.10. The highest BCUT2D eigenvalue weighted by molar-refractivity contribution is 7.98. The maximum Gasteiger partial charge on any atom is 0.255 e.